The SMILES string of the molecule is CN=C(NCCCc1nn(-c2ccc(C)cc2)c(N)c1C#N)N(C)Cc1cccn1C.I. The Kier molecular flexibility index (Phi) is 9.13. The molecule has 32 heavy (non-hydrogen) atoms. The first-order chi connectivity index (χ1) is 14.9. The zero-order valence-corrected chi connectivity index (χ0v) is 21.4. The van der Waals surface area contributed by atoms with Gasteiger partial charge in [-0.1, -0.05) is 17.7 Å². The lowest BCUT2D eigenvalue weighted by Gasteiger charge is -2.22. The average Bonchev–Trinajstić information content (AvgIpc) is 3.30. The van der Waals surface area contributed by atoms with Gasteiger partial charge in [0, 0.05) is 39.6 Å². The molecule has 0 fully saturated rings. The van der Waals surface area contributed by atoms with Gasteiger partial charge in [0.15, 0.2) is 5.96 Å². The second-order valence-corrected chi connectivity index (χ2v) is 7.61. The largest absolute Gasteiger partial charge is 0.382 e. The lowest BCUT2D eigenvalue weighted by molar-refractivity contribution is 0.461. The molecule has 0 spiro atoms. The molecule has 170 valence electrons. The molecule has 0 aliphatic rings. The van der Waals surface area contributed by atoms with Crippen molar-refractivity contribution >= 4 is 35.8 Å². The number of hydrogen-bond donors (Lipinski definition) is 2. The summed E-state index contributed by atoms with van der Waals surface area (Å²) < 4.78 is 3.75. The molecule has 8 nitrogen and oxygen atoms in total. The van der Waals surface area contributed by atoms with E-state index in [2.05, 4.69) is 37.0 Å². The van der Waals surface area contributed by atoms with Crippen LogP contribution in [0.1, 0.15) is 28.9 Å². The molecule has 1 aromatic carbocycles. The van der Waals surface area contributed by atoms with Crippen LogP contribution >= 0.6 is 24.0 Å². The average molecular weight is 546 g/mol. The van der Waals surface area contributed by atoms with Crippen LogP contribution in [-0.2, 0) is 20.0 Å². The van der Waals surface area contributed by atoms with Gasteiger partial charge in [-0.2, -0.15) is 10.4 Å². The normalized spacial score (nSPS) is 11.0. The lowest BCUT2D eigenvalue weighted by atomic mass is 10.1. The Morgan fingerprint density at radius 1 is 1.28 bits per heavy atom. The number of anilines is 1. The highest BCUT2D eigenvalue weighted by Crippen LogP contribution is 2.21. The number of nitrogens with two attached hydrogens (primary N) is 1. The summed E-state index contributed by atoms with van der Waals surface area (Å²) >= 11 is 0. The number of halogens is 1. The Balaban J connectivity index is 0.00000363. The van der Waals surface area contributed by atoms with Crippen molar-refractivity contribution in [3.63, 3.8) is 0 Å². The fourth-order valence-corrected chi connectivity index (χ4v) is 3.48. The standard InChI is InChI=1S/C23H30N8.HI/c1-17-9-11-18(12-10-17)31-22(25)20(15-24)21(28-31)8-5-13-27-23(26-2)30(4)16-19-7-6-14-29(19)3;/h6-7,9-12,14H,5,8,13,16,25H2,1-4H3,(H,26,27);1H. The van der Waals surface area contributed by atoms with Crippen molar-refractivity contribution in [2.45, 2.75) is 26.3 Å². The van der Waals surface area contributed by atoms with Crippen molar-refractivity contribution in [2.24, 2.45) is 12.0 Å². The van der Waals surface area contributed by atoms with Gasteiger partial charge in [0.2, 0.25) is 0 Å². The van der Waals surface area contributed by atoms with Gasteiger partial charge in [-0.25, -0.2) is 4.68 Å². The molecule has 0 saturated heterocycles. The van der Waals surface area contributed by atoms with Gasteiger partial charge in [0.1, 0.15) is 17.5 Å². The Morgan fingerprint density at radius 3 is 2.59 bits per heavy atom. The molecule has 0 radical (unpaired) electrons. The van der Waals surface area contributed by atoms with Gasteiger partial charge in [0.25, 0.3) is 0 Å². The van der Waals surface area contributed by atoms with Crippen LogP contribution in [0.2, 0.25) is 0 Å². The molecule has 0 bridgehead atoms. The van der Waals surface area contributed by atoms with Crippen LogP contribution in [0.4, 0.5) is 5.82 Å². The highest BCUT2D eigenvalue weighted by atomic mass is 127. The first kappa shape index (κ1) is 25.3. The van der Waals surface area contributed by atoms with E-state index in [0.29, 0.717) is 24.3 Å². The number of aryl methyl sites for hydroxylation is 3. The molecule has 3 rings (SSSR count). The minimum atomic E-state index is 0. The van der Waals surface area contributed by atoms with Crippen molar-refractivity contribution < 1.29 is 0 Å². The summed E-state index contributed by atoms with van der Waals surface area (Å²) in [5.74, 6) is 1.21. The molecule has 0 atom stereocenters. The third-order valence-electron chi connectivity index (χ3n) is 5.28. The first-order valence-corrected chi connectivity index (χ1v) is 10.3. The number of nitrogens with one attached hydrogen (secondary N) is 1. The minimum absolute atomic E-state index is 0. The number of rotatable bonds is 7. The van der Waals surface area contributed by atoms with Crippen LogP contribution in [0.15, 0.2) is 47.6 Å². The maximum absolute atomic E-state index is 9.58. The fourth-order valence-electron chi connectivity index (χ4n) is 3.48. The Hall–Kier alpha value is -3.00. The predicted molar refractivity (Wildman–Crippen MR) is 139 cm³/mol. The fraction of sp³-hybridized carbons (Fsp3) is 0.348. The molecular weight excluding hydrogens is 515 g/mol. The number of benzene rings is 1. The predicted octanol–water partition coefficient (Wildman–Crippen LogP) is 3.23. The molecule has 0 aliphatic carbocycles. The molecule has 0 amide bonds. The Bertz CT molecular complexity index is 1090. The van der Waals surface area contributed by atoms with Gasteiger partial charge >= 0.3 is 0 Å². The van der Waals surface area contributed by atoms with Crippen molar-refractivity contribution in [3.8, 4) is 11.8 Å². The van der Waals surface area contributed by atoms with Crippen LogP contribution < -0.4 is 11.1 Å². The molecule has 0 saturated carbocycles. The molecule has 0 aliphatic heterocycles. The summed E-state index contributed by atoms with van der Waals surface area (Å²) in [6.45, 7) is 3.51. The van der Waals surface area contributed by atoms with Crippen molar-refractivity contribution in [1.29, 1.82) is 5.26 Å². The maximum atomic E-state index is 9.58. The zero-order valence-electron chi connectivity index (χ0n) is 19.0. The van der Waals surface area contributed by atoms with Gasteiger partial charge < -0.3 is 20.5 Å². The number of nitrogen functional groups attached to an aromatic ring is 1. The van der Waals surface area contributed by atoms with Crippen molar-refractivity contribution in [3.05, 3.63) is 65.1 Å². The molecule has 3 aromatic rings. The summed E-state index contributed by atoms with van der Waals surface area (Å²) in [5, 5.41) is 17.6. The van der Waals surface area contributed by atoms with Gasteiger partial charge in [0.05, 0.1) is 17.9 Å². The highest BCUT2D eigenvalue weighted by Gasteiger charge is 2.16. The first-order valence-electron chi connectivity index (χ1n) is 10.3. The number of nitriles is 1. The smallest absolute Gasteiger partial charge is 0.193 e. The lowest BCUT2D eigenvalue weighted by Crippen LogP contribution is -2.39. The monoisotopic (exact) mass is 546 g/mol. The third-order valence-corrected chi connectivity index (χ3v) is 5.28. The van der Waals surface area contributed by atoms with E-state index in [1.807, 2.05) is 57.5 Å². The molecule has 2 heterocycles. The van der Waals surface area contributed by atoms with E-state index in [4.69, 9.17) is 5.73 Å². The summed E-state index contributed by atoms with van der Waals surface area (Å²) in [4.78, 5) is 6.46. The van der Waals surface area contributed by atoms with E-state index >= 15 is 0 Å². The van der Waals surface area contributed by atoms with Gasteiger partial charge in [-0.3, -0.25) is 4.99 Å². The molecule has 9 heteroatoms. The van der Waals surface area contributed by atoms with E-state index in [9.17, 15) is 5.26 Å². The van der Waals surface area contributed by atoms with E-state index in [1.54, 1.807) is 11.7 Å². The van der Waals surface area contributed by atoms with E-state index in [0.717, 1.165) is 35.9 Å². The quantitative estimate of drug-likeness (QED) is 0.205. The molecule has 2 aromatic heterocycles. The second-order valence-electron chi connectivity index (χ2n) is 7.61. The highest BCUT2D eigenvalue weighted by molar-refractivity contribution is 14.0. The summed E-state index contributed by atoms with van der Waals surface area (Å²) in [6.07, 6.45) is 3.49. The second kappa shape index (κ2) is 11.6. The Morgan fingerprint density at radius 2 is 2.00 bits per heavy atom. The number of aliphatic imine (C=N–C) groups is 1. The van der Waals surface area contributed by atoms with Crippen molar-refractivity contribution in [2.75, 3.05) is 26.4 Å². The third kappa shape index (κ3) is 5.82. The van der Waals surface area contributed by atoms with E-state index in [1.165, 1.54) is 5.69 Å². The molecule has 0 unspecified atom stereocenters. The maximum Gasteiger partial charge on any atom is 0.193 e. The number of nitrogens with zero attached hydrogens (tertiary/aromatic N) is 6. The Labute approximate surface area is 206 Å². The van der Waals surface area contributed by atoms with Crippen molar-refractivity contribution in [1.82, 2.24) is 24.6 Å². The number of aromatic nitrogens is 3. The van der Waals surface area contributed by atoms with Gasteiger partial charge in [-0.05, 0) is 44.0 Å². The zero-order chi connectivity index (χ0) is 22.4. The molecular formula is C23H31IN8. The minimum Gasteiger partial charge on any atom is -0.382 e. The number of guanidine groups is 1. The molecule has 3 N–H and O–H groups in total. The summed E-state index contributed by atoms with van der Waals surface area (Å²) in [7, 11) is 5.83. The summed E-state index contributed by atoms with van der Waals surface area (Å²) in [6, 6.07) is 14.3. The van der Waals surface area contributed by atoms with Gasteiger partial charge in [-0.15, -0.1) is 24.0 Å². The van der Waals surface area contributed by atoms with E-state index in [-0.39, 0.29) is 24.0 Å². The van der Waals surface area contributed by atoms with E-state index < -0.39 is 0 Å². The van der Waals surface area contributed by atoms with Crippen LogP contribution in [0.3, 0.4) is 0 Å². The topological polar surface area (TPSA) is 100 Å². The van der Waals surface area contributed by atoms with Crippen LogP contribution in [0.5, 0.6) is 0 Å². The number of hydrogen-bond acceptors (Lipinski definition) is 4. The van der Waals surface area contributed by atoms with Crippen LogP contribution in [0.25, 0.3) is 5.69 Å². The summed E-state index contributed by atoms with van der Waals surface area (Å²) in [5.41, 5.74) is 10.6. The van der Waals surface area contributed by atoms with Crippen LogP contribution in [-0.4, -0.2) is 45.8 Å². The van der Waals surface area contributed by atoms with Crippen LogP contribution in [0, 0.1) is 18.3 Å².